The zero-order chi connectivity index (χ0) is 22.1. The van der Waals surface area contributed by atoms with Crippen LogP contribution in [0, 0.1) is 0 Å². The van der Waals surface area contributed by atoms with Crippen LogP contribution in [0.3, 0.4) is 0 Å². The van der Waals surface area contributed by atoms with Gasteiger partial charge in [-0.3, -0.25) is 9.69 Å². The van der Waals surface area contributed by atoms with Gasteiger partial charge in [0.1, 0.15) is 0 Å². The molecule has 8 heteroatoms. The average molecular weight is 434 g/mol. The van der Waals surface area contributed by atoms with Gasteiger partial charge in [-0.25, -0.2) is 0 Å². The Hall–Kier alpha value is -3.07. The predicted molar refractivity (Wildman–Crippen MR) is 117 cm³/mol. The molecule has 1 aromatic heterocycles. The minimum absolute atomic E-state index is 0.0687. The largest absolute Gasteiger partial charge is 0.379 e. The summed E-state index contributed by atoms with van der Waals surface area (Å²) in [6.45, 7) is 6.29. The highest BCUT2D eigenvalue weighted by Gasteiger charge is 2.37. The second-order valence-electron chi connectivity index (χ2n) is 8.60. The molecule has 3 heterocycles. The van der Waals surface area contributed by atoms with Crippen molar-refractivity contribution in [3.8, 4) is 11.4 Å². The van der Waals surface area contributed by atoms with Crippen LogP contribution in [-0.2, 0) is 23.4 Å². The summed E-state index contributed by atoms with van der Waals surface area (Å²) < 4.78 is 10.8. The number of morpholine rings is 1. The van der Waals surface area contributed by atoms with Crippen molar-refractivity contribution in [2.45, 2.75) is 25.6 Å². The fourth-order valence-corrected chi connectivity index (χ4v) is 4.27. The van der Waals surface area contributed by atoms with Crippen LogP contribution in [0.15, 0.2) is 53.1 Å². The van der Waals surface area contributed by atoms with Gasteiger partial charge in [-0.15, -0.1) is 0 Å². The van der Waals surface area contributed by atoms with Crippen LogP contribution in [0.2, 0.25) is 0 Å². The number of carbonyl (C=O) groups excluding carboxylic acids is 1. The Kier molecular flexibility index (Phi) is 5.50. The standard InChI is InChI=1S/C24H26N4O4/c1-24(30,16-28-15-19-6-2-3-8-20(19)22(28)29)23-25-21(26-32-23)18-7-4-5-17(13-18)14-27-9-11-31-12-10-27/h2-8,13,30H,9-12,14-16H2,1H3/t24-/m1/s1. The maximum absolute atomic E-state index is 12.7. The summed E-state index contributed by atoms with van der Waals surface area (Å²) in [6.07, 6.45) is 0. The molecule has 0 aliphatic carbocycles. The predicted octanol–water partition coefficient (Wildman–Crippen LogP) is 2.43. The van der Waals surface area contributed by atoms with E-state index in [1.165, 1.54) is 0 Å². The molecule has 2 aromatic carbocycles. The number of amides is 1. The molecule has 1 N–H and O–H groups in total. The number of β-amino-alcohol motifs (C(OH)–C–C–N with tert-alkyl or cyclic N) is 1. The maximum atomic E-state index is 12.7. The molecule has 1 saturated heterocycles. The fraction of sp³-hybridized carbons (Fsp3) is 0.375. The van der Waals surface area contributed by atoms with E-state index < -0.39 is 5.60 Å². The minimum atomic E-state index is -1.46. The summed E-state index contributed by atoms with van der Waals surface area (Å²) in [5.41, 5.74) is 2.14. The van der Waals surface area contributed by atoms with Gasteiger partial charge in [0.2, 0.25) is 5.82 Å². The van der Waals surface area contributed by atoms with Crippen molar-refractivity contribution in [1.82, 2.24) is 19.9 Å². The monoisotopic (exact) mass is 434 g/mol. The van der Waals surface area contributed by atoms with E-state index >= 15 is 0 Å². The summed E-state index contributed by atoms with van der Waals surface area (Å²) >= 11 is 0. The Labute approximate surface area is 186 Å². The van der Waals surface area contributed by atoms with Gasteiger partial charge < -0.3 is 19.3 Å². The second kappa shape index (κ2) is 8.46. The Morgan fingerprint density at radius 2 is 1.94 bits per heavy atom. The van der Waals surface area contributed by atoms with Gasteiger partial charge >= 0.3 is 0 Å². The second-order valence-corrected chi connectivity index (χ2v) is 8.60. The summed E-state index contributed by atoms with van der Waals surface area (Å²) in [6, 6.07) is 15.5. The molecule has 0 spiro atoms. The molecule has 2 aliphatic heterocycles. The highest BCUT2D eigenvalue weighted by Crippen LogP contribution is 2.29. The van der Waals surface area contributed by atoms with E-state index in [1.807, 2.05) is 36.4 Å². The third kappa shape index (κ3) is 4.17. The van der Waals surface area contributed by atoms with Crippen molar-refractivity contribution < 1.29 is 19.2 Å². The van der Waals surface area contributed by atoms with Crippen LogP contribution >= 0.6 is 0 Å². The number of carbonyl (C=O) groups is 1. The van der Waals surface area contributed by atoms with Crippen LogP contribution in [0.25, 0.3) is 11.4 Å². The lowest BCUT2D eigenvalue weighted by atomic mass is 10.1. The number of benzene rings is 2. The lowest BCUT2D eigenvalue weighted by molar-refractivity contribution is -0.00754. The first-order chi connectivity index (χ1) is 15.5. The smallest absolute Gasteiger partial charge is 0.260 e. The molecule has 1 fully saturated rings. The highest BCUT2D eigenvalue weighted by atomic mass is 16.5. The van der Waals surface area contributed by atoms with E-state index in [1.54, 1.807) is 17.9 Å². The topological polar surface area (TPSA) is 91.9 Å². The van der Waals surface area contributed by atoms with E-state index in [0.717, 1.165) is 49.5 Å². The van der Waals surface area contributed by atoms with Crippen molar-refractivity contribution in [1.29, 1.82) is 0 Å². The molecule has 8 nitrogen and oxygen atoms in total. The molecule has 2 aliphatic rings. The van der Waals surface area contributed by atoms with Gasteiger partial charge in [0.25, 0.3) is 11.8 Å². The van der Waals surface area contributed by atoms with Crippen LogP contribution in [0.5, 0.6) is 0 Å². The van der Waals surface area contributed by atoms with Crippen molar-refractivity contribution in [2.75, 3.05) is 32.8 Å². The molecule has 1 atom stereocenters. The first kappa shape index (κ1) is 20.8. The molecule has 3 aromatic rings. The molecule has 0 bridgehead atoms. The summed E-state index contributed by atoms with van der Waals surface area (Å²) in [7, 11) is 0. The molecular formula is C24H26N4O4. The van der Waals surface area contributed by atoms with Gasteiger partial charge in [0.05, 0.1) is 19.8 Å². The van der Waals surface area contributed by atoms with E-state index in [0.29, 0.717) is 17.9 Å². The third-order valence-electron chi connectivity index (χ3n) is 5.98. The number of hydrogen-bond donors (Lipinski definition) is 1. The Morgan fingerprint density at radius 3 is 2.75 bits per heavy atom. The highest BCUT2D eigenvalue weighted by molar-refractivity contribution is 5.98. The van der Waals surface area contributed by atoms with E-state index in [9.17, 15) is 9.90 Å². The minimum Gasteiger partial charge on any atom is -0.379 e. The molecule has 0 unspecified atom stereocenters. The van der Waals surface area contributed by atoms with Crippen molar-refractivity contribution in [2.24, 2.45) is 0 Å². The molecule has 0 saturated carbocycles. The number of nitrogens with zero attached hydrogens (tertiary/aromatic N) is 4. The van der Waals surface area contributed by atoms with E-state index in [2.05, 4.69) is 21.1 Å². The van der Waals surface area contributed by atoms with E-state index in [-0.39, 0.29) is 18.3 Å². The zero-order valence-electron chi connectivity index (χ0n) is 18.0. The van der Waals surface area contributed by atoms with Gasteiger partial charge in [0, 0.05) is 37.3 Å². The van der Waals surface area contributed by atoms with Gasteiger partial charge in [-0.1, -0.05) is 41.6 Å². The SMILES string of the molecule is C[C@@](O)(CN1Cc2ccccc2C1=O)c1nc(-c2cccc(CN3CCOCC3)c2)no1. The quantitative estimate of drug-likeness (QED) is 0.637. The van der Waals surface area contributed by atoms with Crippen molar-refractivity contribution >= 4 is 5.91 Å². The van der Waals surface area contributed by atoms with Crippen LogP contribution < -0.4 is 0 Å². The van der Waals surface area contributed by atoms with Crippen molar-refractivity contribution in [3.63, 3.8) is 0 Å². The third-order valence-corrected chi connectivity index (χ3v) is 5.98. The van der Waals surface area contributed by atoms with Gasteiger partial charge in [-0.05, 0) is 30.2 Å². The average Bonchev–Trinajstić information content (AvgIpc) is 3.41. The molecule has 32 heavy (non-hydrogen) atoms. The zero-order valence-corrected chi connectivity index (χ0v) is 18.0. The Bertz CT molecular complexity index is 1120. The van der Waals surface area contributed by atoms with Gasteiger partial charge in [-0.2, -0.15) is 4.98 Å². The summed E-state index contributed by atoms with van der Waals surface area (Å²) in [5, 5.41) is 15.2. The summed E-state index contributed by atoms with van der Waals surface area (Å²) in [5.74, 6) is 0.409. The van der Waals surface area contributed by atoms with Crippen LogP contribution in [0.4, 0.5) is 0 Å². The number of fused-ring (bicyclic) bond motifs is 1. The first-order valence-corrected chi connectivity index (χ1v) is 10.8. The first-order valence-electron chi connectivity index (χ1n) is 10.8. The van der Waals surface area contributed by atoms with E-state index in [4.69, 9.17) is 9.26 Å². The maximum Gasteiger partial charge on any atom is 0.260 e. The summed E-state index contributed by atoms with van der Waals surface area (Å²) in [4.78, 5) is 21.1. The molecule has 1 amide bonds. The number of ether oxygens (including phenoxy) is 1. The van der Waals surface area contributed by atoms with Crippen molar-refractivity contribution in [3.05, 3.63) is 71.1 Å². The van der Waals surface area contributed by atoms with Crippen LogP contribution in [0.1, 0.15) is 34.3 Å². The molecule has 166 valence electrons. The number of aliphatic hydroxyl groups is 1. The Morgan fingerprint density at radius 1 is 1.12 bits per heavy atom. The van der Waals surface area contributed by atoms with Gasteiger partial charge in [0.15, 0.2) is 5.60 Å². The number of rotatable bonds is 6. The van der Waals surface area contributed by atoms with Crippen LogP contribution in [-0.4, -0.2) is 63.8 Å². The fourth-order valence-electron chi connectivity index (χ4n) is 4.27. The lowest BCUT2D eigenvalue weighted by Crippen LogP contribution is -2.39. The molecule has 5 rings (SSSR count). The Balaban J connectivity index is 1.30. The number of hydrogen-bond acceptors (Lipinski definition) is 7. The molecule has 0 radical (unpaired) electrons. The molecular weight excluding hydrogens is 408 g/mol. The number of aromatic nitrogens is 2. The normalized spacial score (nSPS) is 18.6. The lowest BCUT2D eigenvalue weighted by Gasteiger charge is -2.26.